The zero-order chi connectivity index (χ0) is 18.0. The van der Waals surface area contributed by atoms with Crippen LogP contribution in [0.2, 0.25) is 0 Å². The first-order chi connectivity index (χ1) is 12.0. The molecule has 0 atom stereocenters. The highest BCUT2D eigenvalue weighted by Crippen LogP contribution is 2.19. The molecule has 128 valence electrons. The molecule has 11 heteroatoms. The Labute approximate surface area is 143 Å². The van der Waals surface area contributed by atoms with Gasteiger partial charge in [-0.15, -0.1) is 0 Å². The van der Waals surface area contributed by atoms with Gasteiger partial charge in [0.05, 0.1) is 18.2 Å². The summed E-state index contributed by atoms with van der Waals surface area (Å²) in [4.78, 5) is 38.5. The summed E-state index contributed by atoms with van der Waals surface area (Å²) in [6.45, 7) is -0.221. The van der Waals surface area contributed by atoms with Crippen LogP contribution in [0.5, 0.6) is 0 Å². The lowest BCUT2D eigenvalue weighted by Gasteiger charge is -2.05. The quantitative estimate of drug-likeness (QED) is 0.381. The van der Waals surface area contributed by atoms with Crippen LogP contribution in [0.4, 0.5) is 5.69 Å². The Bertz CT molecular complexity index is 991. The Morgan fingerprint density at radius 2 is 2.32 bits per heavy atom. The van der Waals surface area contributed by atoms with Crippen molar-refractivity contribution in [1.82, 2.24) is 14.7 Å². The number of nitro groups is 1. The number of ether oxygens (including phenoxy) is 1. The molecule has 0 spiro atoms. The van der Waals surface area contributed by atoms with Crippen LogP contribution in [-0.2, 0) is 11.3 Å². The van der Waals surface area contributed by atoms with E-state index in [0.29, 0.717) is 5.82 Å². The standard InChI is InChI=1S/C14H10N4O6S/c1-23-14(20)10-4-9(18(21)22)5-17(13(10)19)6-11-15-12(16-24-11)8-2-3-25-7-8/h2-5,7H,6H2,1H3. The third kappa shape index (κ3) is 3.30. The normalized spacial score (nSPS) is 10.6. The smallest absolute Gasteiger partial charge is 0.343 e. The summed E-state index contributed by atoms with van der Waals surface area (Å²) < 4.78 is 10.5. The van der Waals surface area contributed by atoms with Gasteiger partial charge in [-0.3, -0.25) is 19.5 Å². The molecule has 0 saturated carbocycles. The van der Waals surface area contributed by atoms with E-state index in [2.05, 4.69) is 14.9 Å². The Hall–Kier alpha value is -3.34. The molecule has 0 amide bonds. The van der Waals surface area contributed by atoms with E-state index < -0.39 is 27.7 Å². The van der Waals surface area contributed by atoms with Crippen LogP contribution >= 0.6 is 11.3 Å². The van der Waals surface area contributed by atoms with Gasteiger partial charge in [-0.2, -0.15) is 16.3 Å². The topological polar surface area (TPSA) is 130 Å². The summed E-state index contributed by atoms with van der Waals surface area (Å²) >= 11 is 1.46. The Morgan fingerprint density at radius 3 is 2.96 bits per heavy atom. The summed E-state index contributed by atoms with van der Waals surface area (Å²) in [5.74, 6) is -0.561. The zero-order valence-electron chi connectivity index (χ0n) is 12.7. The molecule has 0 fully saturated rings. The molecule has 0 aromatic carbocycles. The lowest BCUT2D eigenvalue weighted by atomic mass is 10.2. The second-order valence-corrected chi connectivity index (χ2v) is 5.60. The van der Waals surface area contributed by atoms with E-state index in [-0.39, 0.29) is 12.4 Å². The number of methoxy groups -OCH3 is 1. The average molecular weight is 362 g/mol. The van der Waals surface area contributed by atoms with Gasteiger partial charge in [0, 0.05) is 17.0 Å². The SMILES string of the molecule is COC(=O)c1cc([N+](=O)[O-])cn(Cc2nc(-c3ccsc3)no2)c1=O. The van der Waals surface area contributed by atoms with Gasteiger partial charge in [-0.05, 0) is 11.4 Å². The molecule has 0 N–H and O–H groups in total. The highest BCUT2D eigenvalue weighted by molar-refractivity contribution is 7.08. The van der Waals surface area contributed by atoms with E-state index in [0.717, 1.165) is 29.5 Å². The Balaban J connectivity index is 1.99. The number of carbonyl (C=O) groups excluding carboxylic acids is 1. The van der Waals surface area contributed by atoms with Crippen molar-refractivity contribution in [1.29, 1.82) is 0 Å². The van der Waals surface area contributed by atoms with Gasteiger partial charge < -0.3 is 9.26 Å². The van der Waals surface area contributed by atoms with Gasteiger partial charge in [0.15, 0.2) is 0 Å². The van der Waals surface area contributed by atoms with E-state index in [1.807, 2.05) is 10.8 Å². The van der Waals surface area contributed by atoms with Crippen LogP contribution in [0, 0.1) is 10.1 Å². The van der Waals surface area contributed by atoms with Crippen LogP contribution in [-0.4, -0.2) is 32.7 Å². The molecule has 3 heterocycles. The molecule has 0 aliphatic rings. The maximum absolute atomic E-state index is 12.3. The lowest BCUT2D eigenvalue weighted by Crippen LogP contribution is -2.27. The number of rotatable bonds is 5. The van der Waals surface area contributed by atoms with Gasteiger partial charge in [-0.1, -0.05) is 5.16 Å². The largest absolute Gasteiger partial charge is 0.465 e. The summed E-state index contributed by atoms with van der Waals surface area (Å²) in [5.41, 5.74) is -0.888. The fraction of sp³-hybridized carbons (Fsp3) is 0.143. The third-order valence-corrected chi connectivity index (χ3v) is 3.92. The summed E-state index contributed by atoms with van der Waals surface area (Å²) in [7, 11) is 1.08. The van der Waals surface area contributed by atoms with Crippen molar-refractivity contribution in [3.8, 4) is 11.4 Å². The first kappa shape index (κ1) is 16.5. The number of hydrogen-bond donors (Lipinski definition) is 0. The molecule has 3 rings (SSSR count). The number of carbonyl (C=O) groups is 1. The second-order valence-electron chi connectivity index (χ2n) is 4.82. The van der Waals surface area contributed by atoms with Gasteiger partial charge in [0.25, 0.3) is 11.2 Å². The molecular formula is C14H10N4O6S. The predicted molar refractivity (Wildman–Crippen MR) is 85.4 cm³/mol. The fourth-order valence-electron chi connectivity index (χ4n) is 2.07. The minimum atomic E-state index is -0.966. The monoisotopic (exact) mass is 362 g/mol. The van der Waals surface area contributed by atoms with Crippen molar-refractivity contribution in [3.05, 3.63) is 61.0 Å². The molecule has 10 nitrogen and oxygen atoms in total. The Kier molecular flexibility index (Phi) is 4.39. The number of aromatic nitrogens is 3. The van der Waals surface area contributed by atoms with Crippen LogP contribution in [0.1, 0.15) is 16.2 Å². The van der Waals surface area contributed by atoms with Crippen molar-refractivity contribution in [2.24, 2.45) is 0 Å². The number of hydrogen-bond acceptors (Lipinski definition) is 9. The molecular weight excluding hydrogens is 352 g/mol. The zero-order valence-corrected chi connectivity index (χ0v) is 13.6. The molecule has 0 radical (unpaired) electrons. The predicted octanol–water partition coefficient (Wildman–Crippen LogP) is 1.70. The van der Waals surface area contributed by atoms with E-state index in [9.17, 15) is 19.7 Å². The van der Waals surface area contributed by atoms with E-state index in [4.69, 9.17) is 4.52 Å². The number of esters is 1. The van der Waals surface area contributed by atoms with Crippen LogP contribution in [0.15, 0.2) is 38.4 Å². The first-order valence-corrected chi connectivity index (χ1v) is 7.76. The van der Waals surface area contributed by atoms with Crippen molar-refractivity contribution in [3.63, 3.8) is 0 Å². The maximum atomic E-state index is 12.3. The molecule has 25 heavy (non-hydrogen) atoms. The highest BCUT2D eigenvalue weighted by atomic mass is 32.1. The van der Waals surface area contributed by atoms with Crippen LogP contribution in [0.25, 0.3) is 11.4 Å². The summed E-state index contributed by atoms with van der Waals surface area (Å²) in [6.07, 6.45) is 1.00. The first-order valence-electron chi connectivity index (χ1n) is 6.82. The average Bonchev–Trinajstić information content (AvgIpc) is 3.27. The number of pyridine rings is 1. The summed E-state index contributed by atoms with van der Waals surface area (Å²) in [5, 5.41) is 18.5. The third-order valence-electron chi connectivity index (χ3n) is 3.24. The molecule has 0 bridgehead atoms. The van der Waals surface area contributed by atoms with Gasteiger partial charge in [0.2, 0.25) is 11.7 Å². The van der Waals surface area contributed by atoms with Crippen molar-refractivity contribution in [2.45, 2.75) is 6.54 Å². The molecule has 0 unspecified atom stereocenters. The van der Waals surface area contributed by atoms with Crippen molar-refractivity contribution < 1.29 is 19.0 Å². The minimum absolute atomic E-state index is 0.0691. The van der Waals surface area contributed by atoms with Crippen LogP contribution in [0.3, 0.4) is 0 Å². The van der Waals surface area contributed by atoms with Crippen LogP contribution < -0.4 is 5.56 Å². The van der Waals surface area contributed by atoms with E-state index in [1.54, 1.807) is 6.07 Å². The molecule has 0 aliphatic heterocycles. The fourth-order valence-corrected chi connectivity index (χ4v) is 2.70. The van der Waals surface area contributed by atoms with Gasteiger partial charge >= 0.3 is 5.97 Å². The lowest BCUT2D eigenvalue weighted by molar-refractivity contribution is -0.385. The molecule has 3 aromatic heterocycles. The number of thiophene rings is 1. The molecule has 3 aromatic rings. The number of nitrogens with zero attached hydrogens (tertiary/aromatic N) is 4. The summed E-state index contributed by atoms with van der Waals surface area (Å²) in [6, 6.07) is 2.67. The van der Waals surface area contributed by atoms with Crippen molar-refractivity contribution >= 4 is 23.0 Å². The van der Waals surface area contributed by atoms with Gasteiger partial charge in [-0.25, -0.2) is 4.79 Å². The molecule has 0 saturated heterocycles. The van der Waals surface area contributed by atoms with Gasteiger partial charge in [0.1, 0.15) is 12.1 Å². The second kappa shape index (κ2) is 6.65. The van der Waals surface area contributed by atoms with E-state index in [1.165, 1.54) is 11.3 Å². The highest BCUT2D eigenvalue weighted by Gasteiger charge is 2.21. The van der Waals surface area contributed by atoms with E-state index >= 15 is 0 Å². The minimum Gasteiger partial charge on any atom is -0.465 e. The molecule has 0 aliphatic carbocycles. The van der Waals surface area contributed by atoms with Crippen molar-refractivity contribution in [2.75, 3.05) is 7.11 Å². The Morgan fingerprint density at radius 1 is 1.52 bits per heavy atom. The maximum Gasteiger partial charge on any atom is 0.343 e.